The molecule has 1 unspecified atom stereocenters. The van der Waals surface area contributed by atoms with Gasteiger partial charge in [-0.25, -0.2) is 4.79 Å². The second-order valence-corrected chi connectivity index (χ2v) is 11.2. The highest BCUT2D eigenvalue weighted by molar-refractivity contribution is 6.05. The number of imide groups is 1. The Morgan fingerprint density at radius 1 is 1.00 bits per heavy atom. The fraction of sp³-hybridized carbons (Fsp3) is 0.448. The molecule has 9 heteroatoms. The van der Waals surface area contributed by atoms with Gasteiger partial charge in [0.1, 0.15) is 11.6 Å². The van der Waals surface area contributed by atoms with Crippen LogP contribution in [0.15, 0.2) is 42.5 Å². The molecular formula is C29H34N4O5. The second-order valence-electron chi connectivity index (χ2n) is 11.2. The van der Waals surface area contributed by atoms with Crippen molar-refractivity contribution in [2.45, 2.75) is 58.3 Å². The number of benzene rings is 2. The van der Waals surface area contributed by atoms with Gasteiger partial charge >= 0.3 is 5.97 Å². The summed E-state index contributed by atoms with van der Waals surface area (Å²) in [6, 6.07) is 12.9. The van der Waals surface area contributed by atoms with E-state index in [2.05, 4.69) is 21.2 Å². The van der Waals surface area contributed by atoms with Crippen molar-refractivity contribution in [3.8, 4) is 0 Å². The summed E-state index contributed by atoms with van der Waals surface area (Å²) in [5.41, 5.74) is 3.81. The van der Waals surface area contributed by atoms with Crippen LogP contribution in [0.4, 0.5) is 5.69 Å². The van der Waals surface area contributed by atoms with E-state index < -0.39 is 17.6 Å². The molecule has 1 atom stereocenters. The summed E-state index contributed by atoms with van der Waals surface area (Å²) in [7, 11) is 0. The van der Waals surface area contributed by atoms with E-state index in [1.807, 2.05) is 57.2 Å². The van der Waals surface area contributed by atoms with Crippen molar-refractivity contribution < 1.29 is 23.9 Å². The van der Waals surface area contributed by atoms with Gasteiger partial charge in [-0.05, 0) is 68.7 Å². The second kappa shape index (κ2) is 10.2. The molecule has 3 aliphatic rings. The summed E-state index contributed by atoms with van der Waals surface area (Å²) in [6.45, 7) is 10.3. The van der Waals surface area contributed by atoms with Crippen LogP contribution in [0.1, 0.15) is 65.5 Å². The first-order chi connectivity index (χ1) is 18.1. The van der Waals surface area contributed by atoms with E-state index in [0.29, 0.717) is 24.1 Å². The fourth-order valence-electron chi connectivity index (χ4n) is 5.26. The third-order valence-electron chi connectivity index (χ3n) is 7.24. The largest absolute Gasteiger partial charge is 0.456 e. The Morgan fingerprint density at radius 2 is 1.71 bits per heavy atom. The van der Waals surface area contributed by atoms with E-state index in [4.69, 9.17) is 4.74 Å². The van der Waals surface area contributed by atoms with Crippen molar-refractivity contribution in [2.24, 2.45) is 0 Å². The van der Waals surface area contributed by atoms with E-state index >= 15 is 0 Å². The first-order valence-corrected chi connectivity index (χ1v) is 13.1. The molecule has 0 spiro atoms. The van der Waals surface area contributed by atoms with E-state index in [0.717, 1.165) is 49.5 Å². The van der Waals surface area contributed by atoms with Gasteiger partial charge in [-0.1, -0.05) is 12.1 Å². The summed E-state index contributed by atoms with van der Waals surface area (Å²) in [5.74, 6) is -1.13. The van der Waals surface area contributed by atoms with Crippen LogP contribution in [-0.4, -0.2) is 71.3 Å². The first-order valence-electron chi connectivity index (χ1n) is 13.1. The molecule has 0 aromatic heterocycles. The number of amides is 3. The number of fused-ring (bicyclic) bond motifs is 1. The summed E-state index contributed by atoms with van der Waals surface area (Å²) in [6.07, 6.45) is 0.614. The molecule has 5 rings (SSSR count). The van der Waals surface area contributed by atoms with Crippen molar-refractivity contribution in [1.29, 1.82) is 0 Å². The van der Waals surface area contributed by atoms with Gasteiger partial charge in [0, 0.05) is 56.9 Å². The Bertz CT molecular complexity index is 1260. The van der Waals surface area contributed by atoms with Crippen LogP contribution in [0.3, 0.4) is 0 Å². The number of hydrogen-bond donors (Lipinski definition) is 1. The molecule has 1 N–H and O–H groups in total. The molecule has 2 aromatic carbocycles. The highest BCUT2D eigenvalue weighted by Crippen LogP contribution is 2.31. The number of piperidine rings is 1. The minimum absolute atomic E-state index is 0.149. The van der Waals surface area contributed by atoms with Gasteiger partial charge in [0.2, 0.25) is 11.8 Å². The smallest absolute Gasteiger partial charge is 0.338 e. The number of anilines is 1. The Kier molecular flexibility index (Phi) is 6.96. The molecule has 0 bridgehead atoms. The fourth-order valence-corrected chi connectivity index (χ4v) is 5.26. The Balaban J connectivity index is 1.16. The van der Waals surface area contributed by atoms with Crippen LogP contribution in [0.2, 0.25) is 0 Å². The van der Waals surface area contributed by atoms with E-state index in [1.165, 1.54) is 0 Å². The quantitative estimate of drug-likeness (QED) is 0.480. The summed E-state index contributed by atoms with van der Waals surface area (Å²) in [5, 5.41) is 2.35. The molecule has 2 saturated heterocycles. The van der Waals surface area contributed by atoms with Crippen LogP contribution in [-0.2, 0) is 27.4 Å². The molecule has 2 fully saturated rings. The zero-order valence-corrected chi connectivity index (χ0v) is 22.2. The molecule has 38 heavy (non-hydrogen) atoms. The highest BCUT2D eigenvalue weighted by atomic mass is 16.6. The number of piperazine rings is 1. The molecule has 200 valence electrons. The summed E-state index contributed by atoms with van der Waals surface area (Å²) in [4.78, 5) is 55.3. The van der Waals surface area contributed by atoms with Crippen LogP contribution in [0.5, 0.6) is 0 Å². The number of esters is 1. The third-order valence-corrected chi connectivity index (χ3v) is 7.24. The Labute approximate surface area is 222 Å². The van der Waals surface area contributed by atoms with Crippen LogP contribution in [0.25, 0.3) is 0 Å². The zero-order chi connectivity index (χ0) is 27.0. The molecule has 0 radical (unpaired) electrons. The van der Waals surface area contributed by atoms with Gasteiger partial charge in [0.05, 0.1) is 5.56 Å². The maximum atomic E-state index is 13.0. The number of nitrogens with one attached hydrogen (secondary N) is 1. The number of rotatable bonds is 5. The predicted octanol–water partition coefficient (Wildman–Crippen LogP) is 2.73. The lowest BCUT2D eigenvalue weighted by Crippen LogP contribution is -2.52. The van der Waals surface area contributed by atoms with Gasteiger partial charge in [-0.3, -0.25) is 24.6 Å². The molecule has 2 aromatic rings. The summed E-state index contributed by atoms with van der Waals surface area (Å²) >= 11 is 0. The van der Waals surface area contributed by atoms with Crippen molar-refractivity contribution in [1.82, 2.24) is 15.1 Å². The van der Waals surface area contributed by atoms with Gasteiger partial charge in [-0.2, -0.15) is 0 Å². The van der Waals surface area contributed by atoms with Crippen molar-refractivity contribution in [3.05, 3.63) is 64.7 Å². The lowest BCUT2D eigenvalue weighted by molar-refractivity contribution is -0.136. The van der Waals surface area contributed by atoms with Gasteiger partial charge in [-0.15, -0.1) is 0 Å². The van der Waals surface area contributed by atoms with Crippen molar-refractivity contribution in [2.75, 3.05) is 31.1 Å². The maximum Gasteiger partial charge on any atom is 0.338 e. The van der Waals surface area contributed by atoms with E-state index in [-0.39, 0.29) is 24.2 Å². The monoisotopic (exact) mass is 518 g/mol. The number of nitrogens with zero attached hydrogens (tertiary/aromatic N) is 3. The van der Waals surface area contributed by atoms with Crippen molar-refractivity contribution >= 4 is 29.4 Å². The van der Waals surface area contributed by atoms with Gasteiger partial charge in [0.25, 0.3) is 5.91 Å². The molecule has 0 saturated carbocycles. The maximum absolute atomic E-state index is 13.0. The van der Waals surface area contributed by atoms with E-state index in [9.17, 15) is 19.2 Å². The van der Waals surface area contributed by atoms with Crippen LogP contribution >= 0.6 is 0 Å². The molecule has 3 aliphatic heterocycles. The number of hydrogen-bond acceptors (Lipinski definition) is 7. The zero-order valence-electron chi connectivity index (χ0n) is 22.2. The molecule has 0 aliphatic carbocycles. The highest BCUT2D eigenvalue weighted by Gasteiger charge is 2.39. The van der Waals surface area contributed by atoms with Gasteiger partial charge < -0.3 is 14.5 Å². The van der Waals surface area contributed by atoms with E-state index in [1.54, 1.807) is 4.90 Å². The number of carbonyl (C=O) groups excluding carboxylic acids is 4. The lowest BCUT2D eigenvalue weighted by Gasteiger charge is -2.36. The molecule has 3 amide bonds. The average molecular weight is 519 g/mol. The first kappa shape index (κ1) is 25.9. The molecule has 9 nitrogen and oxygen atoms in total. The number of ether oxygens (including phenoxy) is 1. The molecular weight excluding hydrogens is 484 g/mol. The normalized spacial score (nSPS) is 20.4. The SMILES string of the molecule is CC(C)(C)OC(=O)c1ccc(CN2CCN(c3ccc4c(c3)CN(C3CCC(=O)NC3=O)C4=O)CC2)cc1. The molecule has 3 heterocycles. The predicted molar refractivity (Wildman–Crippen MR) is 142 cm³/mol. The van der Waals surface area contributed by atoms with Crippen molar-refractivity contribution in [3.63, 3.8) is 0 Å². The Morgan fingerprint density at radius 3 is 2.37 bits per heavy atom. The standard InChI is InChI=1S/C29H34N4O5/c1-29(2,3)38-28(37)20-6-4-19(5-7-20)17-31-12-14-32(15-13-31)22-8-9-23-21(16-22)18-33(27(23)36)24-10-11-25(34)30-26(24)35/h4-9,16,24H,10-15,17-18H2,1-3H3,(H,30,34,35). The summed E-state index contributed by atoms with van der Waals surface area (Å²) < 4.78 is 5.44. The average Bonchev–Trinajstić information content (AvgIpc) is 3.19. The van der Waals surface area contributed by atoms with Gasteiger partial charge in [0.15, 0.2) is 0 Å². The Hall–Kier alpha value is -3.72. The minimum atomic E-state index is -0.599. The van der Waals surface area contributed by atoms with Crippen LogP contribution in [0, 0.1) is 0 Å². The lowest BCUT2D eigenvalue weighted by atomic mass is 10.0. The number of carbonyl (C=O) groups is 4. The van der Waals surface area contributed by atoms with Crippen LogP contribution < -0.4 is 10.2 Å². The minimum Gasteiger partial charge on any atom is -0.456 e. The topological polar surface area (TPSA) is 99.3 Å². The third kappa shape index (κ3) is 5.57.